The van der Waals surface area contributed by atoms with Crippen LogP contribution in [0.2, 0.25) is 0 Å². The molecule has 5 rings (SSSR count). The maximum atomic E-state index is 13.0. The van der Waals surface area contributed by atoms with E-state index >= 15 is 0 Å². The van der Waals surface area contributed by atoms with Crippen molar-refractivity contribution in [1.82, 2.24) is 25.2 Å². The molecule has 9 heteroatoms. The highest BCUT2D eigenvalue weighted by Gasteiger charge is 2.29. The summed E-state index contributed by atoms with van der Waals surface area (Å²) in [6.07, 6.45) is 1.56. The number of hydrogen-bond acceptors (Lipinski definition) is 7. The Bertz CT molecular complexity index is 1190. The Morgan fingerprint density at radius 2 is 2.09 bits per heavy atom. The van der Waals surface area contributed by atoms with Crippen LogP contribution in [0, 0.1) is 0 Å². The van der Waals surface area contributed by atoms with Gasteiger partial charge in [-0.1, -0.05) is 23.4 Å². The number of amides is 1. The van der Waals surface area contributed by atoms with Crippen LogP contribution in [0.15, 0.2) is 52.4 Å². The molecule has 0 unspecified atom stereocenters. The number of benzene rings is 1. The molecule has 4 heterocycles. The zero-order chi connectivity index (χ0) is 21.9. The maximum absolute atomic E-state index is 13.0. The Hall–Kier alpha value is -3.46. The van der Waals surface area contributed by atoms with Crippen molar-refractivity contribution >= 4 is 17.2 Å². The summed E-state index contributed by atoms with van der Waals surface area (Å²) in [5.74, 6) is 1.85. The highest BCUT2D eigenvalue weighted by atomic mass is 32.1. The number of aromatic amines is 1. The van der Waals surface area contributed by atoms with Gasteiger partial charge in [0.15, 0.2) is 11.5 Å². The molecular weight excluding hydrogens is 426 g/mol. The number of carbonyl (C=O) groups excluding carboxylic acids is 1. The van der Waals surface area contributed by atoms with E-state index in [2.05, 4.69) is 20.3 Å². The number of nitrogens with zero attached hydrogens (tertiary/aromatic N) is 4. The van der Waals surface area contributed by atoms with Gasteiger partial charge in [-0.3, -0.25) is 9.89 Å². The van der Waals surface area contributed by atoms with Crippen LogP contribution in [-0.4, -0.2) is 50.8 Å². The summed E-state index contributed by atoms with van der Waals surface area (Å²) >= 11 is 1.64. The summed E-state index contributed by atoms with van der Waals surface area (Å²) in [6, 6.07) is 13.3. The second-order valence-electron chi connectivity index (χ2n) is 7.60. The molecule has 0 atom stereocenters. The third-order valence-corrected chi connectivity index (χ3v) is 6.49. The molecule has 0 bridgehead atoms. The van der Waals surface area contributed by atoms with Gasteiger partial charge in [-0.15, -0.1) is 11.3 Å². The van der Waals surface area contributed by atoms with E-state index in [1.807, 2.05) is 59.7 Å². The average Bonchev–Trinajstić information content (AvgIpc) is 3.60. The van der Waals surface area contributed by atoms with Crippen molar-refractivity contribution in [2.24, 2.45) is 0 Å². The molecule has 0 spiro atoms. The molecule has 32 heavy (non-hydrogen) atoms. The van der Waals surface area contributed by atoms with Crippen molar-refractivity contribution in [3.05, 3.63) is 59.2 Å². The van der Waals surface area contributed by atoms with Crippen LogP contribution >= 0.6 is 11.3 Å². The summed E-state index contributed by atoms with van der Waals surface area (Å²) in [5, 5.41) is 13.5. The summed E-state index contributed by atoms with van der Waals surface area (Å²) in [7, 11) is 0. The van der Waals surface area contributed by atoms with Crippen LogP contribution in [-0.2, 0) is 0 Å². The second-order valence-corrected chi connectivity index (χ2v) is 8.55. The smallest absolute Gasteiger partial charge is 0.278 e. The molecule has 8 nitrogen and oxygen atoms in total. The first-order valence-electron chi connectivity index (χ1n) is 10.7. The highest BCUT2D eigenvalue weighted by Crippen LogP contribution is 2.31. The standard InChI is InChI=1S/C23H23N5O3S/c1-2-30-19-7-4-3-6-16(19)23(29)28-11-9-15(10-12-28)21-24-22(31-27-21)18-14-17(25-26-18)20-8-5-13-32-20/h3-8,13-15H,2,9-12H2,1H3,(H,25,26). The van der Waals surface area contributed by atoms with E-state index in [0.717, 1.165) is 23.4 Å². The average molecular weight is 450 g/mol. The number of likely N-dealkylation sites (tertiary alicyclic amines) is 1. The Labute approximate surface area is 189 Å². The van der Waals surface area contributed by atoms with E-state index in [9.17, 15) is 4.79 Å². The third-order valence-electron chi connectivity index (χ3n) is 5.59. The molecule has 0 aliphatic carbocycles. The van der Waals surface area contributed by atoms with E-state index in [1.165, 1.54) is 0 Å². The fourth-order valence-corrected chi connectivity index (χ4v) is 4.62. The number of carbonyl (C=O) groups is 1. The van der Waals surface area contributed by atoms with Gasteiger partial charge in [0.1, 0.15) is 5.75 Å². The number of hydrogen-bond donors (Lipinski definition) is 1. The fraction of sp³-hybridized carbons (Fsp3) is 0.304. The van der Waals surface area contributed by atoms with Gasteiger partial charge < -0.3 is 14.2 Å². The minimum Gasteiger partial charge on any atom is -0.493 e. The largest absolute Gasteiger partial charge is 0.493 e. The number of thiophene rings is 1. The van der Waals surface area contributed by atoms with E-state index in [0.29, 0.717) is 48.4 Å². The molecule has 1 aliphatic rings. The molecule has 1 aromatic carbocycles. The maximum Gasteiger partial charge on any atom is 0.278 e. The minimum absolute atomic E-state index is 0.000991. The number of rotatable bonds is 6. The zero-order valence-corrected chi connectivity index (χ0v) is 18.5. The predicted octanol–water partition coefficient (Wildman–Crippen LogP) is 4.61. The third kappa shape index (κ3) is 4.03. The quantitative estimate of drug-likeness (QED) is 0.462. The molecule has 0 saturated carbocycles. The molecule has 1 fully saturated rings. The number of para-hydroxylation sites is 1. The molecule has 4 aromatic rings. The number of aromatic nitrogens is 4. The SMILES string of the molecule is CCOc1ccccc1C(=O)N1CCC(c2noc(-c3cc(-c4cccs4)[nH]n3)n2)CC1. The Balaban J connectivity index is 1.24. The first-order chi connectivity index (χ1) is 15.7. The lowest BCUT2D eigenvalue weighted by molar-refractivity contribution is 0.0706. The zero-order valence-electron chi connectivity index (χ0n) is 17.7. The van der Waals surface area contributed by atoms with Gasteiger partial charge in [0, 0.05) is 19.0 Å². The topological polar surface area (TPSA) is 97.1 Å². The van der Waals surface area contributed by atoms with E-state index in [-0.39, 0.29) is 11.8 Å². The first kappa shape index (κ1) is 20.4. The van der Waals surface area contributed by atoms with Crippen LogP contribution in [0.3, 0.4) is 0 Å². The lowest BCUT2D eigenvalue weighted by Gasteiger charge is -2.31. The molecule has 0 radical (unpaired) electrons. The number of piperidine rings is 1. The fourth-order valence-electron chi connectivity index (χ4n) is 3.93. The number of nitrogens with one attached hydrogen (secondary N) is 1. The van der Waals surface area contributed by atoms with Crippen molar-refractivity contribution in [2.75, 3.05) is 19.7 Å². The Morgan fingerprint density at radius 3 is 2.88 bits per heavy atom. The van der Waals surface area contributed by atoms with Gasteiger partial charge in [-0.05, 0) is 49.4 Å². The highest BCUT2D eigenvalue weighted by molar-refractivity contribution is 7.13. The van der Waals surface area contributed by atoms with Crippen LogP contribution in [0.25, 0.3) is 22.2 Å². The number of H-pyrrole nitrogens is 1. The summed E-state index contributed by atoms with van der Waals surface area (Å²) in [5.41, 5.74) is 2.16. The van der Waals surface area contributed by atoms with Crippen LogP contribution in [0.1, 0.15) is 41.9 Å². The predicted molar refractivity (Wildman–Crippen MR) is 121 cm³/mol. The van der Waals surface area contributed by atoms with E-state index in [4.69, 9.17) is 9.26 Å². The second kappa shape index (κ2) is 8.96. The summed E-state index contributed by atoms with van der Waals surface area (Å²) in [6.45, 7) is 3.72. The molecular formula is C23H23N5O3S. The van der Waals surface area contributed by atoms with Crippen molar-refractivity contribution in [1.29, 1.82) is 0 Å². The summed E-state index contributed by atoms with van der Waals surface area (Å²) in [4.78, 5) is 20.6. The molecule has 164 valence electrons. The van der Waals surface area contributed by atoms with Gasteiger partial charge in [0.25, 0.3) is 11.8 Å². The van der Waals surface area contributed by atoms with Crippen LogP contribution in [0.5, 0.6) is 5.75 Å². The van der Waals surface area contributed by atoms with Crippen LogP contribution in [0.4, 0.5) is 0 Å². The van der Waals surface area contributed by atoms with Gasteiger partial charge in [-0.25, -0.2) is 0 Å². The monoisotopic (exact) mass is 449 g/mol. The lowest BCUT2D eigenvalue weighted by atomic mass is 9.95. The van der Waals surface area contributed by atoms with Gasteiger partial charge in [-0.2, -0.15) is 10.1 Å². The van der Waals surface area contributed by atoms with Crippen molar-refractivity contribution in [3.63, 3.8) is 0 Å². The van der Waals surface area contributed by atoms with Crippen molar-refractivity contribution < 1.29 is 14.1 Å². The van der Waals surface area contributed by atoms with Gasteiger partial charge in [0.05, 0.1) is 22.7 Å². The molecule has 1 N–H and O–H groups in total. The Kier molecular flexibility index (Phi) is 5.72. The molecule has 1 aliphatic heterocycles. The minimum atomic E-state index is -0.000991. The molecule has 1 amide bonds. The first-order valence-corrected chi connectivity index (χ1v) is 11.5. The lowest BCUT2D eigenvalue weighted by Crippen LogP contribution is -2.38. The molecule has 1 saturated heterocycles. The summed E-state index contributed by atoms with van der Waals surface area (Å²) < 4.78 is 11.1. The van der Waals surface area contributed by atoms with Gasteiger partial charge in [0.2, 0.25) is 0 Å². The Morgan fingerprint density at radius 1 is 1.25 bits per heavy atom. The molecule has 3 aromatic heterocycles. The normalized spacial score (nSPS) is 14.6. The van der Waals surface area contributed by atoms with E-state index in [1.54, 1.807) is 11.3 Å². The number of ether oxygens (including phenoxy) is 1. The van der Waals surface area contributed by atoms with Crippen molar-refractivity contribution in [3.8, 4) is 27.9 Å². The van der Waals surface area contributed by atoms with Crippen LogP contribution < -0.4 is 4.74 Å². The van der Waals surface area contributed by atoms with E-state index < -0.39 is 0 Å². The van der Waals surface area contributed by atoms with Crippen molar-refractivity contribution in [2.45, 2.75) is 25.7 Å². The van der Waals surface area contributed by atoms with Gasteiger partial charge >= 0.3 is 0 Å².